The second kappa shape index (κ2) is 27.4. The maximum atomic E-state index is 14.0. The Kier molecular flexibility index (Phi) is 20.9. The summed E-state index contributed by atoms with van der Waals surface area (Å²) in [5.74, 6) is -0.107. The van der Waals surface area contributed by atoms with Crippen LogP contribution in [0.25, 0.3) is 21.7 Å². The van der Waals surface area contributed by atoms with Gasteiger partial charge in [-0.1, -0.05) is 139 Å². The Labute approximate surface area is 428 Å². The highest BCUT2D eigenvalue weighted by Gasteiger charge is 2.44. The highest BCUT2D eigenvalue weighted by molar-refractivity contribution is 7.13. The van der Waals surface area contributed by atoms with E-state index in [9.17, 15) is 29.4 Å². The molecule has 16 heteroatoms. The molecular weight excluding hydrogens is 929 g/mol. The lowest BCUT2D eigenvalue weighted by molar-refractivity contribution is -0.144. The molecule has 5 aromatic rings. The molecule has 3 atom stereocenters. The van der Waals surface area contributed by atoms with Crippen molar-refractivity contribution in [2.45, 2.75) is 155 Å². The number of hydrogen-bond donors (Lipinski definition) is 6. The minimum atomic E-state index is -0.839. The summed E-state index contributed by atoms with van der Waals surface area (Å²) in [7, 11) is 0. The molecule has 2 aromatic heterocycles. The summed E-state index contributed by atoms with van der Waals surface area (Å²) < 4.78 is 5.91. The van der Waals surface area contributed by atoms with Gasteiger partial charge in [-0.25, -0.2) is 4.98 Å². The number of nitrogens with two attached hydrogens (primary N) is 1. The number of phenols is 1. The van der Waals surface area contributed by atoms with Gasteiger partial charge < -0.3 is 41.5 Å². The number of carbonyl (C=O) groups is 4. The zero-order chi connectivity index (χ0) is 51.5. The number of aromatic hydroxyl groups is 1. The van der Waals surface area contributed by atoms with Gasteiger partial charge in [-0.2, -0.15) is 0 Å². The molecule has 0 aliphatic carbocycles. The molecule has 7 N–H and O–H groups in total. The summed E-state index contributed by atoms with van der Waals surface area (Å²) in [5.41, 5.74) is 13.3. The van der Waals surface area contributed by atoms with E-state index in [1.165, 1.54) is 17.7 Å². The van der Waals surface area contributed by atoms with Gasteiger partial charge in [0.25, 0.3) is 0 Å². The fourth-order valence-electron chi connectivity index (χ4n) is 8.89. The predicted molar refractivity (Wildman–Crippen MR) is 283 cm³/mol. The number of phenolic OH excluding ortho intramolecular Hbond substituents is 1. The van der Waals surface area contributed by atoms with E-state index in [1.807, 2.05) is 87.8 Å². The number of aromatic nitrogens is 3. The van der Waals surface area contributed by atoms with Gasteiger partial charge in [-0.15, -0.1) is 21.5 Å². The van der Waals surface area contributed by atoms with Crippen molar-refractivity contribution in [3.63, 3.8) is 0 Å². The van der Waals surface area contributed by atoms with Gasteiger partial charge in [0, 0.05) is 56.9 Å². The highest BCUT2D eigenvalue weighted by Crippen LogP contribution is 2.32. The molecule has 0 unspecified atom stereocenters. The van der Waals surface area contributed by atoms with Crippen LogP contribution in [-0.4, -0.2) is 85.3 Å². The number of nitrogens with zero attached hydrogens (tertiary/aromatic N) is 4. The minimum Gasteiger partial charge on any atom is -0.507 e. The lowest BCUT2D eigenvalue weighted by Crippen LogP contribution is -2.57. The van der Waals surface area contributed by atoms with Gasteiger partial charge in [0.15, 0.2) is 11.6 Å². The molecule has 0 spiro atoms. The molecule has 386 valence electrons. The lowest BCUT2D eigenvalue weighted by Gasteiger charge is -2.35. The van der Waals surface area contributed by atoms with Crippen LogP contribution in [0.3, 0.4) is 0 Å². The number of unbranched alkanes of at least 4 members (excludes halogenated alkanes) is 10. The maximum Gasteiger partial charge on any atom is 0.246 e. The molecule has 1 saturated heterocycles. The summed E-state index contributed by atoms with van der Waals surface area (Å²) in [6, 6.07) is 22.9. The Hall–Kier alpha value is -6.39. The Bertz CT molecular complexity index is 2530. The summed E-state index contributed by atoms with van der Waals surface area (Å²) in [4.78, 5) is 60.0. The third-order valence-electron chi connectivity index (χ3n) is 13.1. The van der Waals surface area contributed by atoms with Crippen molar-refractivity contribution in [2.24, 2.45) is 5.41 Å². The number of nitrogens with one attached hydrogen (secondary N) is 3. The first-order valence-electron chi connectivity index (χ1n) is 25.6. The number of para-hydroxylation sites is 1. The van der Waals surface area contributed by atoms with Gasteiger partial charge in [0.2, 0.25) is 23.6 Å². The zero-order valence-electron chi connectivity index (χ0n) is 42.5. The standard InChI is InChI=1S/C56H74N8O7S/c1-38-51(72-37-60-38)42-28-26-41(27-29-42)35-59-54(69)46-32-43(65)36-64(46)55(70)52(56(2,3)4)61-50(68)21-15-13-11-9-7-5-6-8-10-12-14-20-49(67)58-34-40-24-22-39(23-25-40)30-31-71-48-33-45(62-63-53(48)57)44-18-16-17-19-47(44)66/h16-19,22-29,33,37,43,46,52,65-66H,5-15,20-21,30-32,34-36H2,1-4H3,(H2,57,63)(H,58,67)(H,59,69)(H,61,68)/t43-,46+,52-/m1/s1. The molecule has 3 aromatic carbocycles. The number of amides is 4. The number of aliphatic hydroxyl groups excluding tert-OH is 1. The summed E-state index contributed by atoms with van der Waals surface area (Å²) in [5, 5.41) is 37.8. The van der Waals surface area contributed by atoms with Crippen LogP contribution in [0.2, 0.25) is 0 Å². The first-order valence-corrected chi connectivity index (χ1v) is 26.5. The number of hydrogen-bond acceptors (Lipinski definition) is 12. The van der Waals surface area contributed by atoms with Gasteiger partial charge >= 0.3 is 0 Å². The average molecular weight is 1000 g/mol. The second-order valence-corrected chi connectivity index (χ2v) is 20.9. The minimum absolute atomic E-state index is 0.0383. The van der Waals surface area contributed by atoms with Crippen LogP contribution in [0.4, 0.5) is 5.82 Å². The van der Waals surface area contributed by atoms with E-state index >= 15 is 0 Å². The number of thiazole rings is 1. The Morgan fingerprint density at radius 3 is 1.99 bits per heavy atom. The number of β-amino-alcohol motifs (C(OH)–C–C–N with tert-alkyl or cyclic N) is 1. The molecule has 0 bridgehead atoms. The zero-order valence-corrected chi connectivity index (χ0v) is 43.3. The van der Waals surface area contributed by atoms with E-state index in [2.05, 4.69) is 31.1 Å². The Morgan fingerprint density at radius 2 is 1.38 bits per heavy atom. The Balaban J connectivity index is 0.769. The van der Waals surface area contributed by atoms with Crippen molar-refractivity contribution in [3.05, 3.63) is 107 Å². The smallest absolute Gasteiger partial charge is 0.246 e. The Morgan fingerprint density at radius 1 is 0.792 bits per heavy atom. The number of anilines is 1. The summed E-state index contributed by atoms with van der Waals surface area (Å²) in [6.07, 6.45) is 12.3. The van der Waals surface area contributed by atoms with Crippen molar-refractivity contribution in [3.8, 4) is 33.2 Å². The van der Waals surface area contributed by atoms with Crippen molar-refractivity contribution in [2.75, 3.05) is 18.9 Å². The average Bonchev–Trinajstić information content (AvgIpc) is 3.99. The molecule has 72 heavy (non-hydrogen) atoms. The fraction of sp³-hybridized carbons (Fsp3) is 0.482. The second-order valence-electron chi connectivity index (χ2n) is 20.0. The number of benzene rings is 3. The molecule has 0 saturated carbocycles. The molecule has 6 rings (SSSR count). The van der Waals surface area contributed by atoms with Crippen LogP contribution < -0.4 is 26.4 Å². The normalized spacial score (nSPS) is 15.0. The molecule has 1 fully saturated rings. The number of aryl methyl sites for hydroxylation is 1. The van der Waals surface area contributed by atoms with Crippen molar-refractivity contribution in [1.82, 2.24) is 36.0 Å². The van der Waals surface area contributed by atoms with E-state index in [4.69, 9.17) is 10.5 Å². The van der Waals surface area contributed by atoms with Crippen molar-refractivity contribution < 1.29 is 34.1 Å². The van der Waals surface area contributed by atoms with Crippen LogP contribution in [0.15, 0.2) is 84.4 Å². The number of carbonyl (C=O) groups excluding carboxylic acids is 4. The quantitative estimate of drug-likeness (QED) is 0.0273. The first-order chi connectivity index (χ1) is 34.7. The van der Waals surface area contributed by atoms with Crippen LogP contribution >= 0.6 is 11.3 Å². The largest absolute Gasteiger partial charge is 0.507 e. The number of ether oxygens (including phenoxy) is 1. The van der Waals surface area contributed by atoms with E-state index in [-0.39, 0.29) is 54.7 Å². The third-order valence-corrected chi connectivity index (χ3v) is 14.1. The van der Waals surface area contributed by atoms with Crippen molar-refractivity contribution >= 4 is 40.8 Å². The molecule has 1 aliphatic rings. The van der Waals surface area contributed by atoms with Crippen LogP contribution in [-0.2, 0) is 38.7 Å². The van der Waals surface area contributed by atoms with E-state index in [1.54, 1.807) is 35.6 Å². The number of aliphatic hydroxyl groups is 1. The topological polar surface area (TPSA) is 222 Å². The number of likely N-dealkylation sites (tertiary alicyclic amines) is 1. The highest BCUT2D eigenvalue weighted by atomic mass is 32.1. The van der Waals surface area contributed by atoms with Gasteiger partial charge in [0.1, 0.15) is 23.5 Å². The van der Waals surface area contributed by atoms with Gasteiger partial charge in [-0.05, 0) is 59.6 Å². The van der Waals surface area contributed by atoms with Gasteiger partial charge in [-0.3, -0.25) is 19.2 Å². The van der Waals surface area contributed by atoms with E-state index < -0.39 is 23.6 Å². The molecule has 4 amide bonds. The lowest BCUT2D eigenvalue weighted by atomic mass is 9.85. The van der Waals surface area contributed by atoms with Crippen LogP contribution in [0.5, 0.6) is 11.5 Å². The molecule has 1 aliphatic heterocycles. The first kappa shape index (κ1) is 54.9. The summed E-state index contributed by atoms with van der Waals surface area (Å²) in [6.45, 7) is 8.87. The fourth-order valence-corrected chi connectivity index (χ4v) is 9.70. The SMILES string of the molecule is Cc1ncsc1-c1ccc(CNC(=O)[C@@H]2C[C@@H](O)CN2C(=O)[C@@H](NC(=O)CCCCCCCCCCCCCC(=O)NCc2ccc(CCOc3cc(-c4ccccc4O)nnc3N)cc2)C(C)(C)C)cc1. The van der Waals surface area contributed by atoms with Crippen molar-refractivity contribution in [1.29, 1.82) is 0 Å². The van der Waals surface area contributed by atoms with Crippen LogP contribution in [0, 0.1) is 12.3 Å². The third kappa shape index (κ3) is 16.9. The van der Waals surface area contributed by atoms with Crippen LogP contribution in [0.1, 0.15) is 133 Å². The molecule has 3 heterocycles. The van der Waals surface area contributed by atoms with Gasteiger partial charge in [0.05, 0.1) is 28.8 Å². The number of nitrogen functional groups attached to an aromatic ring is 1. The summed E-state index contributed by atoms with van der Waals surface area (Å²) >= 11 is 1.58. The monoisotopic (exact) mass is 1000 g/mol. The van der Waals surface area contributed by atoms with E-state index in [0.29, 0.717) is 49.4 Å². The maximum absolute atomic E-state index is 14.0. The number of rotatable bonds is 27. The molecule has 0 radical (unpaired) electrons. The molecular formula is C56H74N8O7S. The predicted octanol–water partition coefficient (Wildman–Crippen LogP) is 8.98. The molecule has 15 nitrogen and oxygen atoms in total. The van der Waals surface area contributed by atoms with E-state index in [0.717, 1.165) is 90.6 Å².